The van der Waals surface area contributed by atoms with Gasteiger partial charge < -0.3 is 4.52 Å². The van der Waals surface area contributed by atoms with Crippen LogP contribution in [0.25, 0.3) is 11.3 Å². The Morgan fingerprint density at radius 3 is 2.36 bits per heavy atom. The molecule has 0 saturated carbocycles. The lowest BCUT2D eigenvalue weighted by Gasteiger charge is -2.26. The Hall–Kier alpha value is -1.39. The van der Waals surface area contributed by atoms with Gasteiger partial charge in [-0.15, -0.1) is 11.3 Å². The molecule has 3 heterocycles. The molecule has 0 unspecified atom stereocenters. The Kier molecular flexibility index (Phi) is 4.71. The Labute approximate surface area is 147 Å². The van der Waals surface area contributed by atoms with Gasteiger partial charge in [0.15, 0.2) is 0 Å². The fourth-order valence-corrected chi connectivity index (χ4v) is 6.38. The highest BCUT2D eigenvalue weighted by Gasteiger charge is 2.38. The van der Waals surface area contributed by atoms with Crippen LogP contribution >= 0.6 is 11.3 Å². The molecular weight excluding hydrogens is 377 g/mol. The summed E-state index contributed by atoms with van der Waals surface area (Å²) < 4.78 is 70.3. The van der Waals surface area contributed by atoms with Crippen molar-refractivity contribution < 1.29 is 26.1 Å². The van der Waals surface area contributed by atoms with Crippen LogP contribution in [0.3, 0.4) is 0 Å². The Morgan fingerprint density at radius 2 is 1.80 bits per heavy atom. The van der Waals surface area contributed by atoms with Crippen LogP contribution in [-0.2, 0) is 16.2 Å². The minimum absolute atomic E-state index is 0.0407. The van der Waals surface area contributed by atoms with Gasteiger partial charge in [0.2, 0.25) is 15.8 Å². The first-order valence-corrected chi connectivity index (χ1v) is 10.0. The molecule has 1 saturated heterocycles. The van der Waals surface area contributed by atoms with E-state index in [4.69, 9.17) is 0 Å². The first-order valence-electron chi connectivity index (χ1n) is 7.77. The van der Waals surface area contributed by atoms with E-state index in [2.05, 4.69) is 9.68 Å². The standard InChI is InChI=1S/C15H17F3N2O3S2/c1-9-13(11-8-12(23-19-11)15(16,17)18)14(10(2)24-9)25(21,22)20-6-4-3-5-7-20/h8H,3-7H2,1-2H3. The van der Waals surface area contributed by atoms with Gasteiger partial charge in [0.25, 0.3) is 0 Å². The highest BCUT2D eigenvalue weighted by molar-refractivity contribution is 7.89. The second-order valence-corrected chi connectivity index (χ2v) is 9.26. The third-order valence-electron chi connectivity index (χ3n) is 4.16. The summed E-state index contributed by atoms with van der Waals surface area (Å²) in [5.74, 6) is -1.24. The smallest absolute Gasteiger partial charge is 0.351 e. The lowest BCUT2D eigenvalue weighted by Crippen LogP contribution is -2.36. The zero-order valence-electron chi connectivity index (χ0n) is 13.7. The molecule has 1 fully saturated rings. The van der Waals surface area contributed by atoms with E-state index < -0.39 is 22.0 Å². The molecule has 5 nitrogen and oxygen atoms in total. The lowest BCUT2D eigenvalue weighted by molar-refractivity contribution is -0.155. The van der Waals surface area contributed by atoms with Crippen LogP contribution in [0.1, 0.15) is 34.8 Å². The number of sulfonamides is 1. The molecule has 0 aliphatic carbocycles. The molecule has 1 aliphatic rings. The van der Waals surface area contributed by atoms with Crippen molar-refractivity contribution in [2.24, 2.45) is 0 Å². The van der Waals surface area contributed by atoms with E-state index in [-0.39, 0.29) is 16.2 Å². The van der Waals surface area contributed by atoms with Gasteiger partial charge in [-0.2, -0.15) is 17.5 Å². The zero-order valence-corrected chi connectivity index (χ0v) is 15.3. The number of aryl methyl sites for hydroxylation is 2. The largest absolute Gasteiger partial charge is 0.452 e. The Bertz CT molecular complexity index is 878. The van der Waals surface area contributed by atoms with Crippen LogP contribution in [0.4, 0.5) is 13.2 Å². The van der Waals surface area contributed by atoms with Gasteiger partial charge in [-0.3, -0.25) is 0 Å². The minimum Gasteiger partial charge on any atom is -0.351 e. The second kappa shape index (κ2) is 6.40. The molecule has 0 bridgehead atoms. The van der Waals surface area contributed by atoms with Gasteiger partial charge in [0.1, 0.15) is 10.6 Å². The molecule has 3 rings (SSSR count). The van der Waals surface area contributed by atoms with E-state index in [9.17, 15) is 21.6 Å². The van der Waals surface area contributed by atoms with Gasteiger partial charge in [0, 0.05) is 34.5 Å². The molecule has 1 aliphatic heterocycles. The Balaban J connectivity index is 2.12. The fourth-order valence-electron chi connectivity index (χ4n) is 3.03. The first-order chi connectivity index (χ1) is 11.6. The van der Waals surface area contributed by atoms with Crippen molar-refractivity contribution in [3.8, 4) is 11.3 Å². The molecule has 25 heavy (non-hydrogen) atoms. The van der Waals surface area contributed by atoms with Crippen molar-refractivity contribution >= 4 is 21.4 Å². The van der Waals surface area contributed by atoms with E-state index >= 15 is 0 Å². The number of piperidine rings is 1. The van der Waals surface area contributed by atoms with Crippen molar-refractivity contribution in [3.05, 3.63) is 21.6 Å². The number of thiophene rings is 1. The molecule has 0 atom stereocenters. The molecule has 0 spiro atoms. The molecule has 138 valence electrons. The predicted molar refractivity (Wildman–Crippen MR) is 86.9 cm³/mol. The number of alkyl halides is 3. The first kappa shape index (κ1) is 18.4. The number of rotatable bonds is 3. The van der Waals surface area contributed by atoms with E-state index in [1.54, 1.807) is 13.8 Å². The highest BCUT2D eigenvalue weighted by atomic mass is 32.2. The van der Waals surface area contributed by atoms with Gasteiger partial charge >= 0.3 is 6.18 Å². The number of hydrogen-bond acceptors (Lipinski definition) is 5. The second-order valence-electron chi connectivity index (χ2n) is 5.96. The molecule has 2 aromatic heterocycles. The summed E-state index contributed by atoms with van der Waals surface area (Å²) in [4.78, 5) is 1.17. The summed E-state index contributed by atoms with van der Waals surface area (Å²) >= 11 is 1.23. The summed E-state index contributed by atoms with van der Waals surface area (Å²) in [5.41, 5.74) is 0.0945. The van der Waals surface area contributed by atoms with Crippen LogP contribution < -0.4 is 0 Å². The third kappa shape index (κ3) is 3.34. The van der Waals surface area contributed by atoms with Crippen LogP contribution in [0, 0.1) is 13.8 Å². The molecule has 0 N–H and O–H groups in total. The number of aromatic nitrogens is 1. The SMILES string of the molecule is Cc1sc(C)c(S(=O)(=O)N2CCCCC2)c1-c1cc(C(F)(F)F)on1. The maximum Gasteiger partial charge on any atom is 0.452 e. The maximum absolute atomic E-state index is 13.1. The molecule has 0 aromatic carbocycles. The van der Waals surface area contributed by atoms with Gasteiger partial charge in [-0.25, -0.2) is 8.42 Å². The number of nitrogens with zero attached hydrogens (tertiary/aromatic N) is 2. The van der Waals surface area contributed by atoms with Crippen molar-refractivity contribution in [2.75, 3.05) is 13.1 Å². The van der Waals surface area contributed by atoms with E-state index in [1.807, 2.05) is 0 Å². The van der Waals surface area contributed by atoms with Crippen LogP contribution in [0.2, 0.25) is 0 Å². The lowest BCUT2D eigenvalue weighted by atomic mass is 10.1. The van der Waals surface area contributed by atoms with Gasteiger partial charge in [0.05, 0.1) is 0 Å². The van der Waals surface area contributed by atoms with E-state index in [0.717, 1.165) is 25.3 Å². The molecule has 0 amide bonds. The number of hydrogen-bond donors (Lipinski definition) is 0. The molecule has 2 aromatic rings. The minimum atomic E-state index is -4.67. The van der Waals surface area contributed by atoms with Crippen LogP contribution in [0.15, 0.2) is 15.5 Å². The predicted octanol–water partition coefficient (Wildman–Crippen LogP) is 4.21. The highest BCUT2D eigenvalue weighted by Crippen LogP contribution is 2.42. The monoisotopic (exact) mass is 394 g/mol. The van der Waals surface area contributed by atoms with Gasteiger partial charge in [-0.1, -0.05) is 11.6 Å². The van der Waals surface area contributed by atoms with Crippen molar-refractivity contribution in [1.29, 1.82) is 0 Å². The normalized spacial score (nSPS) is 17.2. The van der Waals surface area contributed by atoms with Crippen molar-refractivity contribution in [2.45, 2.75) is 44.2 Å². The van der Waals surface area contributed by atoms with Gasteiger partial charge in [-0.05, 0) is 26.7 Å². The summed E-state index contributed by atoms with van der Waals surface area (Å²) in [7, 11) is -3.80. The topological polar surface area (TPSA) is 63.4 Å². The zero-order chi connectivity index (χ0) is 18.4. The molecule has 0 radical (unpaired) electrons. The summed E-state index contributed by atoms with van der Waals surface area (Å²) in [6.07, 6.45) is -2.15. The summed E-state index contributed by atoms with van der Waals surface area (Å²) in [6.45, 7) is 4.17. The number of halogens is 3. The molecular formula is C15H17F3N2O3S2. The maximum atomic E-state index is 13.1. The van der Waals surface area contributed by atoms with Crippen LogP contribution in [-0.4, -0.2) is 31.0 Å². The summed E-state index contributed by atoms with van der Waals surface area (Å²) in [5, 5.41) is 3.48. The quantitative estimate of drug-likeness (QED) is 0.782. The van der Waals surface area contributed by atoms with Crippen LogP contribution in [0.5, 0.6) is 0 Å². The Morgan fingerprint density at radius 1 is 1.16 bits per heavy atom. The van der Waals surface area contributed by atoms with E-state index in [0.29, 0.717) is 22.8 Å². The summed E-state index contributed by atoms with van der Waals surface area (Å²) in [6, 6.07) is 0.754. The molecule has 10 heteroatoms. The van der Waals surface area contributed by atoms with E-state index in [1.165, 1.54) is 15.6 Å². The average Bonchev–Trinajstić information content (AvgIpc) is 3.12. The fraction of sp³-hybridized carbons (Fsp3) is 0.533. The van der Waals surface area contributed by atoms with Crippen molar-refractivity contribution in [1.82, 2.24) is 9.46 Å². The third-order valence-corrected chi connectivity index (χ3v) is 7.38. The van der Waals surface area contributed by atoms with Crippen molar-refractivity contribution in [3.63, 3.8) is 0 Å². The average molecular weight is 394 g/mol.